The number of hydrogen-bond donors (Lipinski definition) is 1. The SMILES string of the molecule is C=CC(C)(C)c1cc2c(cc1C)Cc1c(O)c(C)c(C(C)(C)C)c(C3C=CC=C3)c1-2.[Cl-].[Cl-].[Zr+2]. The van der Waals surface area contributed by atoms with Crippen LogP contribution in [0.5, 0.6) is 5.75 Å². The first kappa shape index (κ1) is 30.0. The van der Waals surface area contributed by atoms with E-state index in [-0.39, 0.29) is 67.8 Å². The van der Waals surface area contributed by atoms with Crippen molar-refractivity contribution in [2.75, 3.05) is 0 Å². The van der Waals surface area contributed by atoms with Crippen LogP contribution in [0.15, 0.2) is 49.1 Å². The van der Waals surface area contributed by atoms with Crippen molar-refractivity contribution in [3.8, 4) is 16.9 Å². The summed E-state index contributed by atoms with van der Waals surface area (Å²) in [5, 5.41) is 11.3. The molecule has 0 bridgehead atoms. The first-order chi connectivity index (χ1) is 14.0. The molecule has 4 rings (SSSR count). The van der Waals surface area contributed by atoms with E-state index in [2.05, 4.69) is 91.5 Å². The van der Waals surface area contributed by atoms with Gasteiger partial charge in [0.05, 0.1) is 0 Å². The summed E-state index contributed by atoms with van der Waals surface area (Å²) < 4.78 is 0. The number of phenols is 1. The summed E-state index contributed by atoms with van der Waals surface area (Å²) in [7, 11) is 0. The van der Waals surface area contributed by atoms with Crippen molar-refractivity contribution in [3.05, 3.63) is 88.0 Å². The standard InChI is InChI=1S/C29H34O.2ClH.Zr/c1-9-29(7,8)23-16-21-20(14-17(23)2)15-22-25(21)24(19-12-10-11-13-19)26(28(4,5)6)18(3)27(22)30;;;/h9-14,16,19,30H,1,15H2,2-8H3;2*1H;/q;;;+2/p-2. The minimum absolute atomic E-state index is 0. The number of halogens is 2. The van der Waals surface area contributed by atoms with E-state index in [0.29, 0.717) is 5.75 Å². The van der Waals surface area contributed by atoms with Crippen molar-refractivity contribution >= 4 is 0 Å². The second kappa shape index (κ2) is 10.3. The van der Waals surface area contributed by atoms with Gasteiger partial charge in [0.2, 0.25) is 0 Å². The van der Waals surface area contributed by atoms with E-state index in [4.69, 9.17) is 0 Å². The summed E-state index contributed by atoms with van der Waals surface area (Å²) in [6, 6.07) is 4.69. The Morgan fingerprint density at radius 3 is 2.09 bits per heavy atom. The van der Waals surface area contributed by atoms with Crippen LogP contribution < -0.4 is 24.8 Å². The Bertz CT molecular complexity index is 1120. The number of allylic oxidation sites excluding steroid dienone is 5. The molecule has 0 saturated heterocycles. The summed E-state index contributed by atoms with van der Waals surface area (Å²) >= 11 is 0. The fourth-order valence-electron chi connectivity index (χ4n) is 5.50. The van der Waals surface area contributed by atoms with Crippen molar-refractivity contribution < 1.29 is 56.1 Å². The Kier molecular flexibility index (Phi) is 9.32. The zero-order valence-corrected chi connectivity index (χ0v) is 24.7. The molecule has 0 amide bonds. The van der Waals surface area contributed by atoms with Gasteiger partial charge in [0, 0.05) is 23.3 Å². The van der Waals surface area contributed by atoms with Crippen molar-refractivity contribution in [1.82, 2.24) is 0 Å². The van der Waals surface area contributed by atoms with E-state index in [1.165, 1.54) is 38.9 Å². The molecular formula is C29H34Cl2OZr. The predicted octanol–water partition coefficient (Wildman–Crippen LogP) is 1.56. The minimum Gasteiger partial charge on any atom is -1.00 e. The molecule has 0 atom stereocenters. The molecule has 0 unspecified atom stereocenters. The largest absolute Gasteiger partial charge is 2.00 e. The third kappa shape index (κ3) is 4.86. The number of rotatable bonds is 3. The van der Waals surface area contributed by atoms with Crippen molar-refractivity contribution in [3.63, 3.8) is 0 Å². The van der Waals surface area contributed by atoms with Crippen LogP contribution in [0.1, 0.15) is 79.5 Å². The maximum atomic E-state index is 11.3. The molecule has 0 radical (unpaired) electrons. The predicted molar refractivity (Wildman–Crippen MR) is 129 cm³/mol. The zero-order valence-electron chi connectivity index (χ0n) is 20.7. The fourth-order valence-corrected chi connectivity index (χ4v) is 5.50. The molecule has 2 aliphatic carbocycles. The molecule has 4 heteroatoms. The van der Waals surface area contributed by atoms with Gasteiger partial charge in [-0.3, -0.25) is 0 Å². The summed E-state index contributed by atoms with van der Waals surface area (Å²) in [5.74, 6) is 0.721. The molecule has 0 heterocycles. The minimum atomic E-state index is -0.102. The number of aromatic hydroxyl groups is 1. The Morgan fingerprint density at radius 2 is 1.58 bits per heavy atom. The molecule has 33 heavy (non-hydrogen) atoms. The van der Waals surface area contributed by atoms with Crippen molar-refractivity contribution in [2.45, 2.75) is 71.6 Å². The fraction of sp³-hybridized carbons (Fsp3) is 0.379. The van der Waals surface area contributed by atoms with Crippen LogP contribution in [-0.4, -0.2) is 5.11 Å². The van der Waals surface area contributed by atoms with Crippen LogP contribution in [0.25, 0.3) is 11.1 Å². The third-order valence-electron chi connectivity index (χ3n) is 6.98. The van der Waals surface area contributed by atoms with E-state index >= 15 is 0 Å². The van der Waals surface area contributed by atoms with E-state index in [1.54, 1.807) is 0 Å². The average molecular weight is 561 g/mol. The molecule has 1 N–H and O–H groups in total. The maximum absolute atomic E-state index is 11.3. The van der Waals surface area contributed by atoms with E-state index in [1.807, 2.05) is 6.08 Å². The molecule has 2 aromatic carbocycles. The van der Waals surface area contributed by atoms with Crippen LogP contribution in [-0.2, 0) is 43.5 Å². The van der Waals surface area contributed by atoms with Crippen molar-refractivity contribution in [1.29, 1.82) is 0 Å². The number of aryl methyl sites for hydroxylation is 1. The van der Waals surface area contributed by atoms with Crippen LogP contribution in [0.2, 0.25) is 0 Å². The molecule has 174 valence electrons. The van der Waals surface area contributed by atoms with Gasteiger partial charge in [-0.15, -0.1) is 6.58 Å². The first-order valence-electron chi connectivity index (χ1n) is 11.0. The number of benzene rings is 2. The summed E-state index contributed by atoms with van der Waals surface area (Å²) in [6.45, 7) is 19.6. The quantitative estimate of drug-likeness (QED) is 0.483. The molecule has 1 nitrogen and oxygen atoms in total. The molecule has 0 spiro atoms. The summed E-state index contributed by atoms with van der Waals surface area (Å²) in [4.78, 5) is 0. The monoisotopic (exact) mass is 558 g/mol. The molecule has 0 aromatic heterocycles. The normalized spacial score (nSPS) is 14.2. The number of hydrogen-bond acceptors (Lipinski definition) is 1. The van der Waals surface area contributed by atoms with Gasteiger partial charge in [0.25, 0.3) is 0 Å². The van der Waals surface area contributed by atoms with Crippen LogP contribution in [0.3, 0.4) is 0 Å². The van der Waals surface area contributed by atoms with Gasteiger partial charge < -0.3 is 29.9 Å². The van der Waals surface area contributed by atoms with Gasteiger partial charge in [-0.25, -0.2) is 0 Å². The summed E-state index contributed by atoms with van der Waals surface area (Å²) in [6.07, 6.45) is 11.7. The van der Waals surface area contributed by atoms with Gasteiger partial charge in [0.15, 0.2) is 0 Å². The third-order valence-corrected chi connectivity index (χ3v) is 6.98. The van der Waals surface area contributed by atoms with E-state index in [0.717, 1.165) is 17.5 Å². The van der Waals surface area contributed by atoms with Gasteiger partial charge in [-0.05, 0) is 69.8 Å². The Labute approximate surface area is 231 Å². The maximum Gasteiger partial charge on any atom is 2.00 e. The Balaban J connectivity index is 0.00000181. The van der Waals surface area contributed by atoms with Crippen molar-refractivity contribution in [2.24, 2.45) is 0 Å². The molecule has 2 aromatic rings. The topological polar surface area (TPSA) is 20.2 Å². The van der Waals surface area contributed by atoms with Gasteiger partial charge >= 0.3 is 26.2 Å². The second-order valence-electron chi connectivity index (χ2n) is 10.6. The molecular weight excluding hydrogens is 526 g/mol. The summed E-state index contributed by atoms with van der Waals surface area (Å²) in [5.41, 5.74) is 11.0. The van der Waals surface area contributed by atoms with Crippen LogP contribution >= 0.6 is 0 Å². The number of phenolic OH excluding ortho intramolecular Hbond substituents is 1. The van der Waals surface area contributed by atoms with E-state index in [9.17, 15) is 5.11 Å². The van der Waals surface area contributed by atoms with Crippen LogP contribution in [0, 0.1) is 13.8 Å². The Hall–Kier alpha value is -1.08. The molecule has 2 aliphatic rings. The smallest absolute Gasteiger partial charge is 1.00 e. The van der Waals surface area contributed by atoms with E-state index < -0.39 is 0 Å². The molecule has 0 aliphatic heterocycles. The Morgan fingerprint density at radius 1 is 1.00 bits per heavy atom. The first-order valence-corrected chi connectivity index (χ1v) is 11.0. The number of fused-ring (bicyclic) bond motifs is 3. The van der Waals surface area contributed by atoms with Gasteiger partial charge in [-0.2, -0.15) is 0 Å². The average Bonchev–Trinajstić information content (AvgIpc) is 3.30. The molecule has 0 fully saturated rings. The van der Waals surface area contributed by atoms with Gasteiger partial charge in [0.1, 0.15) is 5.75 Å². The van der Waals surface area contributed by atoms with Gasteiger partial charge in [-0.1, -0.05) is 71.1 Å². The zero-order chi connectivity index (χ0) is 22.0. The second-order valence-corrected chi connectivity index (χ2v) is 10.6. The van der Waals surface area contributed by atoms with Crippen LogP contribution in [0.4, 0.5) is 0 Å². The molecule has 0 saturated carbocycles.